The topological polar surface area (TPSA) is 50.7 Å². The van der Waals surface area contributed by atoms with Crippen molar-refractivity contribution in [3.8, 4) is 0 Å². The Hall–Kier alpha value is -1.53. The van der Waals surface area contributed by atoms with Crippen LogP contribution >= 0.6 is 27.3 Å². The summed E-state index contributed by atoms with van der Waals surface area (Å²) in [6.45, 7) is 0.656. The molecule has 1 N–H and O–H groups in total. The molecule has 0 saturated heterocycles. The Balaban J connectivity index is 1.79. The molecule has 0 spiro atoms. The predicted molar refractivity (Wildman–Crippen MR) is 76.7 cm³/mol. The van der Waals surface area contributed by atoms with Gasteiger partial charge >= 0.3 is 0 Å². The van der Waals surface area contributed by atoms with Crippen LogP contribution in [-0.4, -0.2) is 15.0 Å². The lowest BCUT2D eigenvalue weighted by Gasteiger charge is -2.00. The SMILES string of the molecule is Brc1ccc2sc(NCc3ccncn3)nc2c1. The minimum atomic E-state index is 0.656. The van der Waals surface area contributed by atoms with Gasteiger partial charge in [-0.3, -0.25) is 0 Å². The second-order valence-electron chi connectivity index (χ2n) is 3.69. The third-order valence-electron chi connectivity index (χ3n) is 2.41. The number of benzene rings is 1. The predicted octanol–water partition coefficient (Wildman–Crippen LogP) is 3.46. The highest BCUT2D eigenvalue weighted by atomic mass is 79.9. The Morgan fingerprint density at radius 2 is 2.22 bits per heavy atom. The maximum Gasteiger partial charge on any atom is 0.184 e. The number of aromatic nitrogens is 3. The van der Waals surface area contributed by atoms with Gasteiger partial charge < -0.3 is 5.32 Å². The van der Waals surface area contributed by atoms with Crippen LogP contribution in [0.25, 0.3) is 10.2 Å². The second-order valence-corrected chi connectivity index (χ2v) is 5.63. The van der Waals surface area contributed by atoms with Crippen LogP contribution in [0.15, 0.2) is 41.3 Å². The molecule has 1 aromatic carbocycles. The minimum Gasteiger partial charge on any atom is -0.356 e. The second kappa shape index (κ2) is 4.99. The monoisotopic (exact) mass is 320 g/mol. The van der Waals surface area contributed by atoms with Crippen LogP contribution in [0, 0.1) is 0 Å². The average molecular weight is 321 g/mol. The Bertz CT molecular complexity index is 668. The van der Waals surface area contributed by atoms with E-state index in [-0.39, 0.29) is 0 Å². The molecule has 18 heavy (non-hydrogen) atoms. The number of rotatable bonds is 3. The lowest BCUT2D eigenvalue weighted by molar-refractivity contribution is 1.00. The number of nitrogens with one attached hydrogen (secondary N) is 1. The molecule has 0 aliphatic carbocycles. The van der Waals surface area contributed by atoms with E-state index in [4.69, 9.17) is 0 Å². The molecule has 3 rings (SSSR count). The highest BCUT2D eigenvalue weighted by Gasteiger charge is 2.04. The van der Waals surface area contributed by atoms with Gasteiger partial charge in [-0.1, -0.05) is 27.3 Å². The van der Waals surface area contributed by atoms with Crippen molar-refractivity contribution < 1.29 is 0 Å². The zero-order valence-electron chi connectivity index (χ0n) is 9.30. The summed E-state index contributed by atoms with van der Waals surface area (Å²) in [5.41, 5.74) is 1.95. The van der Waals surface area contributed by atoms with Crippen molar-refractivity contribution in [3.63, 3.8) is 0 Å². The number of anilines is 1. The summed E-state index contributed by atoms with van der Waals surface area (Å²) >= 11 is 5.08. The fourth-order valence-corrected chi connectivity index (χ4v) is 2.76. The first-order valence-corrected chi connectivity index (χ1v) is 6.97. The van der Waals surface area contributed by atoms with E-state index in [1.165, 1.54) is 4.70 Å². The number of halogens is 1. The molecule has 0 radical (unpaired) electrons. The quantitative estimate of drug-likeness (QED) is 0.803. The zero-order chi connectivity index (χ0) is 12.4. The molecule has 0 fully saturated rings. The van der Waals surface area contributed by atoms with Gasteiger partial charge in [-0.25, -0.2) is 15.0 Å². The molecule has 4 nitrogen and oxygen atoms in total. The first-order valence-electron chi connectivity index (χ1n) is 5.36. The molecule has 0 bridgehead atoms. The Kier molecular flexibility index (Phi) is 3.21. The third-order valence-corrected chi connectivity index (χ3v) is 3.90. The smallest absolute Gasteiger partial charge is 0.184 e. The number of hydrogen-bond donors (Lipinski definition) is 1. The van der Waals surface area contributed by atoms with Gasteiger partial charge in [-0.15, -0.1) is 0 Å². The number of thiazole rings is 1. The number of nitrogens with zero attached hydrogens (tertiary/aromatic N) is 3. The fourth-order valence-electron chi connectivity index (χ4n) is 1.57. The average Bonchev–Trinajstić information content (AvgIpc) is 2.79. The molecule has 3 aromatic rings. The standard InChI is InChI=1S/C12H9BrN4S/c13-8-1-2-11-10(5-8)17-12(18-11)15-6-9-3-4-14-7-16-9/h1-5,7H,6H2,(H,15,17). The van der Waals surface area contributed by atoms with Crippen molar-refractivity contribution in [1.82, 2.24) is 15.0 Å². The van der Waals surface area contributed by atoms with E-state index in [2.05, 4.69) is 42.3 Å². The van der Waals surface area contributed by atoms with Crippen LogP contribution in [-0.2, 0) is 6.54 Å². The van der Waals surface area contributed by atoms with E-state index in [0.717, 1.165) is 20.8 Å². The molecule has 0 unspecified atom stereocenters. The summed E-state index contributed by atoms with van der Waals surface area (Å²) in [5, 5.41) is 4.18. The van der Waals surface area contributed by atoms with Gasteiger partial charge in [0, 0.05) is 10.7 Å². The molecule has 6 heteroatoms. The van der Waals surface area contributed by atoms with Crippen molar-refractivity contribution in [1.29, 1.82) is 0 Å². The van der Waals surface area contributed by atoms with Crippen LogP contribution < -0.4 is 5.32 Å². The van der Waals surface area contributed by atoms with E-state index >= 15 is 0 Å². The van der Waals surface area contributed by atoms with E-state index in [0.29, 0.717) is 6.54 Å². The fraction of sp³-hybridized carbons (Fsp3) is 0.0833. The molecule has 2 heterocycles. The first-order chi connectivity index (χ1) is 8.81. The summed E-state index contributed by atoms with van der Waals surface area (Å²) in [7, 11) is 0. The summed E-state index contributed by atoms with van der Waals surface area (Å²) in [6, 6.07) is 7.99. The van der Waals surface area contributed by atoms with Crippen LogP contribution in [0.4, 0.5) is 5.13 Å². The van der Waals surface area contributed by atoms with Crippen LogP contribution in [0.1, 0.15) is 5.69 Å². The maximum absolute atomic E-state index is 4.52. The van der Waals surface area contributed by atoms with Crippen molar-refractivity contribution in [2.45, 2.75) is 6.54 Å². The van der Waals surface area contributed by atoms with Crippen molar-refractivity contribution in [3.05, 3.63) is 47.0 Å². The summed E-state index contributed by atoms with van der Waals surface area (Å²) < 4.78 is 2.21. The lowest BCUT2D eigenvalue weighted by atomic mass is 10.3. The van der Waals surface area contributed by atoms with E-state index < -0.39 is 0 Å². The van der Waals surface area contributed by atoms with Crippen molar-refractivity contribution in [2.75, 3.05) is 5.32 Å². The largest absolute Gasteiger partial charge is 0.356 e. The Morgan fingerprint density at radius 3 is 3.06 bits per heavy atom. The van der Waals surface area contributed by atoms with Crippen LogP contribution in [0.2, 0.25) is 0 Å². The van der Waals surface area contributed by atoms with Gasteiger partial charge in [-0.05, 0) is 24.3 Å². The molecule has 0 aliphatic heterocycles. The van der Waals surface area contributed by atoms with Gasteiger partial charge in [0.1, 0.15) is 6.33 Å². The minimum absolute atomic E-state index is 0.656. The van der Waals surface area contributed by atoms with E-state index in [1.54, 1.807) is 23.9 Å². The molecule has 0 atom stereocenters. The first kappa shape index (κ1) is 11.6. The summed E-state index contributed by atoms with van der Waals surface area (Å²) in [5.74, 6) is 0. The van der Waals surface area contributed by atoms with Gasteiger partial charge in [-0.2, -0.15) is 0 Å². The zero-order valence-corrected chi connectivity index (χ0v) is 11.7. The van der Waals surface area contributed by atoms with Crippen LogP contribution in [0.3, 0.4) is 0 Å². The van der Waals surface area contributed by atoms with Gasteiger partial charge in [0.25, 0.3) is 0 Å². The number of fused-ring (bicyclic) bond motifs is 1. The third kappa shape index (κ3) is 2.49. The Morgan fingerprint density at radius 1 is 1.28 bits per heavy atom. The lowest BCUT2D eigenvalue weighted by Crippen LogP contribution is -2.00. The maximum atomic E-state index is 4.52. The highest BCUT2D eigenvalue weighted by Crippen LogP contribution is 2.28. The molecule has 0 amide bonds. The molecule has 0 aliphatic rings. The van der Waals surface area contributed by atoms with Gasteiger partial charge in [0.05, 0.1) is 22.5 Å². The normalized spacial score (nSPS) is 10.7. The molecule has 0 saturated carbocycles. The number of hydrogen-bond acceptors (Lipinski definition) is 5. The van der Waals surface area contributed by atoms with E-state index in [1.807, 2.05) is 18.2 Å². The Labute approximate surface area is 116 Å². The van der Waals surface area contributed by atoms with Gasteiger partial charge in [0.2, 0.25) is 0 Å². The van der Waals surface area contributed by atoms with Crippen molar-refractivity contribution in [2.24, 2.45) is 0 Å². The molecule has 2 aromatic heterocycles. The van der Waals surface area contributed by atoms with Gasteiger partial charge in [0.15, 0.2) is 5.13 Å². The molecule has 90 valence electrons. The highest BCUT2D eigenvalue weighted by molar-refractivity contribution is 9.10. The molecular formula is C12H9BrN4S. The van der Waals surface area contributed by atoms with Crippen LogP contribution in [0.5, 0.6) is 0 Å². The van der Waals surface area contributed by atoms with Crippen molar-refractivity contribution >= 4 is 42.6 Å². The summed E-state index contributed by atoms with van der Waals surface area (Å²) in [6.07, 6.45) is 3.28. The summed E-state index contributed by atoms with van der Waals surface area (Å²) in [4.78, 5) is 12.6. The molecular weight excluding hydrogens is 312 g/mol. The van der Waals surface area contributed by atoms with E-state index in [9.17, 15) is 0 Å².